The zero-order valence-electron chi connectivity index (χ0n) is 17.6. The molecule has 0 aromatic heterocycles. The van der Waals surface area contributed by atoms with Crippen molar-refractivity contribution in [3.8, 4) is 0 Å². The maximum Gasteiger partial charge on any atom is 0.313 e. The van der Waals surface area contributed by atoms with E-state index in [1.165, 1.54) is 0 Å². The molecule has 0 saturated heterocycles. The molecule has 6 nitrogen and oxygen atoms in total. The van der Waals surface area contributed by atoms with Gasteiger partial charge in [0.15, 0.2) is 0 Å². The smallest absolute Gasteiger partial charge is 0.313 e. The predicted octanol–water partition coefficient (Wildman–Crippen LogP) is 3.47. The molecule has 0 spiro atoms. The molecule has 0 radical (unpaired) electrons. The van der Waals surface area contributed by atoms with Crippen molar-refractivity contribution < 1.29 is 14.4 Å². The van der Waals surface area contributed by atoms with E-state index >= 15 is 0 Å². The van der Waals surface area contributed by atoms with E-state index < -0.39 is 11.8 Å². The zero-order valence-corrected chi connectivity index (χ0v) is 17.6. The van der Waals surface area contributed by atoms with Crippen LogP contribution in [-0.2, 0) is 9.59 Å². The van der Waals surface area contributed by atoms with Gasteiger partial charge in [0.1, 0.15) is 0 Å². The highest BCUT2D eigenvalue weighted by molar-refractivity contribution is 6.40. The van der Waals surface area contributed by atoms with Crippen molar-refractivity contribution >= 4 is 23.4 Å². The zero-order chi connectivity index (χ0) is 22.3. The van der Waals surface area contributed by atoms with Gasteiger partial charge in [0, 0.05) is 18.5 Å². The van der Waals surface area contributed by atoms with Crippen LogP contribution in [0.1, 0.15) is 40.2 Å². The topological polar surface area (TPSA) is 87.3 Å². The lowest BCUT2D eigenvalue weighted by atomic mass is 9.91. The summed E-state index contributed by atoms with van der Waals surface area (Å²) in [5.74, 6) is -1.90. The van der Waals surface area contributed by atoms with Gasteiger partial charge in [-0.15, -0.1) is 0 Å². The van der Waals surface area contributed by atoms with E-state index in [1.807, 2.05) is 60.7 Å². The normalized spacial score (nSPS) is 12.8. The molecule has 1 saturated carbocycles. The molecule has 0 heterocycles. The Kier molecular flexibility index (Phi) is 6.60. The van der Waals surface area contributed by atoms with E-state index in [-0.39, 0.29) is 24.4 Å². The predicted molar refractivity (Wildman–Crippen MR) is 123 cm³/mol. The Bertz CT molecular complexity index is 1060. The summed E-state index contributed by atoms with van der Waals surface area (Å²) in [7, 11) is 0. The van der Waals surface area contributed by atoms with Crippen LogP contribution in [0.25, 0.3) is 0 Å². The summed E-state index contributed by atoms with van der Waals surface area (Å²) in [5, 5.41) is 8.21. The number of nitrogens with one attached hydrogen (secondary N) is 3. The van der Waals surface area contributed by atoms with Gasteiger partial charge in [-0.2, -0.15) is 0 Å². The van der Waals surface area contributed by atoms with E-state index in [9.17, 15) is 14.4 Å². The highest BCUT2D eigenvalue weighted by atomic mass is 16.2. The number of anilines is 1. The lowest BCUT2D eigenvalue weighted by Gasteiger charge is -2.19. The number of hydrogen-bond acceptors (Lipinski definition) is 3. The molecule has 3 amide bonds. The minimum absolute atomic E-state index is 0.0919. The van der Waals surface area contributed by atoms with Crippen molar-refractivity contribution in [1.82, 2.24) is 10.6 Å². The molecule has 162 valence electrons. The quantitative estimate of drug-likeness (QED) is 0.505. The highest BCUT2D eigenvalue weighted by Gasteiger charge is 2.25. The van der Waals surface area contributed by atoms with Crippen LogP contribution in [0.4, 0.5) is 5.69 Å². The Labute approximate surface area is 187 Å². The molecule has 1 aliphatic carbocycles. The molecule has 0 atom stereocenters. The maximum absolute atomic E-state index is 12.6. The average molecular weight is 428 g/mol. The molecule has 3 aromatic carbocycles. The second kappa shape index (κ2) is 9.92. The third-order valence-corrected chi connectivity index (χ3v) is 5.41. The van der Waals surface area contributed by atoms with E-state index in [0.29, 0.717) is 11.3 Å². The number of carbonyl (C=O) groups is 3. The lowest BCUT2D eigenvalue weighted by Crippen LogP contribution is -2.38. The molecule has 3 N–H and O–H groups in total. The van der Waals surface area contributed by atoms with Gasteiger partial charge in [0.2, 0.25) is 0 Å². The summed E-state index contributed by atoms with van der Waals surface area (Å²) in [5.41, 5.74) is 2.74. The monoisotopic (exact) mass is 427 g/mol. The second-order valence-corrected chi connectivity index (χ2v) is 7.83. The summed E-state index contributed by atoms with van der Waals surface area (Å²) in [6.07, 6.45) is 1.93. The molecular formula is C26H25N3O3. The van der Waals surface area contributed by atoms with Gasteiger partial charge in [-0.25, -0.2) is 0 Å². The van der Waals surface area contributed by atoms with Crippen LogP contribution < -0.4 is 16.0 Å². The van der Waals surface area contributed by atoms with Crippen LogP contribution in [0.5, 0.6) is 0 Å². The molecule has 4 rings (SSSR count). The van der Waals surface area contributed by atoms with Crippen LogP contribution >= 0.6 is 0 Å². The van der Waals surface area contributed by atoms with E-state index in [2.05, 4.69) is 16.0 Å². The van der Waals surface area contributed by atoms with Gasteiger partial charge >= 0.3 is 11.8 Å². The molecule has 6 heteroatoms. The van der Waals surface area contributed by atoms with E-state index in [0.717, 1.165) is 24.0 Å². The third kappa shape index (κ3) is 5.40. The molecule has 1 aliphatic rings. The van der Waals surface area contributed by atoms with Gasteiger partial charge in [0.05, 0.1) is 11.3 Å². The Balaban J connectivity index is 1.42. The van der Waals surface area contributed by atoms with Gasteiger partial charge in [-0.05, 0) is 36.1 Å². The summed E-state index contributed by atoms with van der Waals surface area (Å²) in [6, 6.07) is 26.5. The maximum atomic E-state index is 12.6. The van der Waals surface area contributed by atoms with Crippen molar-refractivity contribution in [1.29, 1.82) is 0 Å². The summed E-state index contributed by atoms with van der Waals surface area (Å²) < 4.78 is 0. The Morgan fingerprint density at radius 3 is 1.91 bits per heavy atom. The average Bonchev–Trinajstić information content (AvgIpc) is 3.65. The molecular weight excluding hydrogens is 402 g/mol. The molecule has 32 heavy (non-hydrogen) atoms. The minimum Gasteiger partial charge on any atom is -0.349 e. The SMILES string of the molecule is O=C(NCC(c1ccccc1)c1ccccc1)C(=O)Nc1ccccc1C(=O)NC1CC1. The van der Waals surface area contributed by atoms with Gasteiger partial charge in [0.25, 0.3) is 5.91 Å². The molecule has 0 unspecified atom stereocenters. The number of amides is 3. The summed E-state index contributed by atoms with van der Waals surface area (Å²) in [4.78, 5) is 37.5. The van der Waals surface area contributed by atoms with Crippen LogP contribution in [0.2, 0.25) is 0 Å². The van der Waals surface area contributed by atoms with Crippen molar-refractivity contribution in [2.24, 2.45) is 0 Å². The van der Waals surface area contributed by atoms with Crippen LogP contribution in [0, 0.1) is 0 Å². The molecule has 0 bridgehead atoms. The van der Waals surface area contributed by atoms with Gasteiger partial charge in [-0.3, -0.25) is 14.4 Å². The third-order valence-electron chi connectivity index (χ3n) is 5.41. The first-order chi connectivity index (χ1) is 15.6. The number of hydrogen-bond donors (Lipinski definition) is 3. The number of carbonyl (C=O) groups excluding carboxylic acids is 3. The Hall–Kier alpha value is -3.93. The number of benzene rings is 3. The summed E-state index contributed by atoms with van der Waals surface area (Å²) >= 11 is 0. The Morgan fingerprint density at radius 1 is 0.750 bits per heavy atom. The fourth-order valence-electron chi connectivity index (χ4n) is 3.53. The van der Waals surface area contributed by atoms with E-state index in [4.69, 9.17) is 0 Å². The van der Waals surface area contributed by atoms with Crippen molar-refractivity contribution in [3.63, 3.8) is 0 Å². The summed E-state index contributed by atoms with van der Waals surface area (Å²) in [6.45, 7) is 0.268. The first-order valence-corrected chi connectivity index (χ1v) is 10.7. The van der Waals surface area contributed by atoms with Crippen LogP contribution in [0.15, 0.2) is 84.9 Å². The standard InChI is InChI=1S/C26H25N3O3/c30-24(28-20-15-16-20)21-13-7-8-14-23(21)29-26(32)25(31)27-17-22(18-9-3-1-4-10-18)19-11-5-2-6-12-19/h1-14,20,22H,15-17H2,(H,27,31)(H,28,30)(H,29,32). The van der Waals surface area contributed by atoms with Crippen LogP contribution in [0.3, 0.4) is 0 Å². The van der Waals surface area contributed by atoms with Crippen LogP contribution in [-0.4, -0.2) is 30.3 Å². The number of rotatable bonds is 7. The minimum atomic E-state index is -0.809. The fourth-order valence-corrected chi connectivity index (χ4v) is 3.53. The highest BCUT2D eigenvalue weighted by Crippen LogP contribution is 2.24. The van der Waals surface area contributed by atoms with Crippen molar-refractivity contribution in [3.05, 3.63) is 102 Å². The number of para-hydroxylation sites is 1. The van der Waals surface area contributed by atoms with Gasteiger partial charge < -0.3 is 16.0 Å². The van der Waals surface area contributed by atoms with Crippen molar-refractivity contribution in [2.75, 3.05) is 11.9 Å². The molecule has 0 aliphatic heterocycles. The molecule has 3 aromatic rings. The van der Waals surface area contributed by atoms with Gasteiger partial charge in [-0.1, -0.05) is 72.8 Å². The first-order valence-electron chi connectivity index (χ1n) is 10.7. The Morgan fingerprint density at radius 2 is 1.31 bits per heavy atom. The van der Waals surface area contributed by atoms with E-state index in [1.54, 1.807) is 24.3 Å². The second-order valence-electron chi connectivity index (χ2n) is 7.83. The van der Waals surface area contributed by atoms with Crippen molar-refractivity contribution in [2.45, 2.75) is 24.8 Å². The largest absolute Gasteiger partial charge is 0.349 e. The first kappa shape index (κ1) is 21.3. The molecule has 1 fully saturated rings. The lowest BCUT2D eigenvalue weighted by molar-refractivity contribution is -0.136. The fraction of sp³-hybridized carbons (Fsp3) is 0.192.